The lowest BCUT2D eigenvalue weighted by atomic mass is 10.0. The van der Waals surface area contributed by atoms with Gasteiger partial charge in [-0.3, -0.25) is 9.88 Å². The number of aryl methyl sites for hydroxylation is 2. The van der Waals surface area contributed by atoms with Gasteiger partial charge < -0.3 is 4.52 Å². The molecule has 2 aromatic heterocycles. The summed E-state index contributed by atoms with van der Waals surface area (Å²) in [5.41, 5.74) is 3.42. The van der Waals surface area contributed by atoms with Crippen LogP contribution >= 0.6 is 0 Å². The standard InChI is InChI=1S/C15H19N3O/c1-11-15(12(2)19-17-11)14-7-5-9-18(14)10-13-6-3-4-8-16-13/h3-4,6,8,14H,5,7,9-10H2,1-2H3. The van der Waals surface area contributed by atoms with Gasteiger partial charge in [0.15, 0.2) is 0 Å². The van der Waals surface area contributed by atoms with Crippen LogP contribution in [0.25, 0.3) is 0 Å². The second kappa shape index (κ2) is 5.13. The SMILES string of the molecule is Cc1noc(C)c1C1CCCN1Cc1ccccn1. The predicted molar refractivity (Wildman–Crippen MR) is 72.6 cm³/mol. The fourth-order valence-electron chi connectivity index (χ4n) is 3.01. The fraction of sp³-hybridized carbons (Fsp3) is 0.467. The Balaban J connectivity index is 1.82. The van der Waals surface area contributed by atoms with E-state index in [9.17, 15) is 0 Å². The van der Waals surface area contributed by atoms with Crippen molar-refractivity contribution in [2.45, 2.75) is 39.3 Å². The number of rotatable bonds is 3. The normalized spacial score (nSPS) is 20.0. The first-order valence-corrected chi connectivity index (χ1v) is 6.82. The lowest BCUT2D eigenvalue weighted by molar-refractivity contribution is 0.243. The molecule has 0 bridgehead atoms. The van der Waals surface area contributed by atoms with Gasteiger partial charge in [-0.2, -0.15) is 0 Å². The maximum atomic E-state index is 5.31. The van der Waals surface area contributed by atoms with Crippen molar-refractivity contribution < 1.29 is 4.52 Å². The fourth-order valence-corrected chi connectivity index (χ4v) is 3.01. The summed E-state index contributed by atoms with van der Waals surface area (Å²) in [5.74, 6) is 0.954. The van der Waals surface area contributed by atoms with E-state index in [2.05, 4.69) is 21.1 Å². The van der Waals surface area contributed by atoms with Gasteiger partial charge in [0.1, 0.15) is 5.76 Å². The Bertz CT molecular complexity index is 530. The third-order valence-electron chi connectivity index (χ3n) is 3.88. The summed E-state index contributed by atoms with van der Waals surface area (Å²) in [6, 6.07) is 6.51. The van der Waals surface area contributed by atoms with Gasteiger partial charge in [-0.05, 0) is 45.4 Å². The second-order valence-corrected chi connectivity index (χ2v) is 5.19. The van der Waals surface area contributed by atoms with Crippen LogP contribution in [0.5, 0.6) is 0 Å². The van der Waals surface area contributed by atoms with Crippen molar-refractivity contribution >= 4 is 0 Å². The maximum absolute atomic E-state index is 5.31. The number of hydrogen-bond acceptors (Lipinski definition) is 4. The average molecular weight is 257 g/mol. The molecule has 0 radical (unpaired) electrons. The minimum Gasteiger partial charge on any atom is -0.361 e. The molecular formula is C15H19N3O. The lowest BCUT2D eigenvalue weighted by Crippen LogP contribution is -2.23. The molecule has 0 N–H and O–H groups in total. The number of likely N-dealkylation sites (tertiary alicyclic amines) is 1. The van der Waals surface area contributed by atoms with E-state index in [4.69, 9.17) is 4.52 Å². The molecule has 0 aliphatic carbocycles. The van der Waals surface area contributed by atoms with Crippen LogP contribution in [0.2, 0.25) is 0 Å². The van der Waals surface area contributed by atoms with Crippen molar-refractivity contribution in [2.75, 3.05) is 6.54 Å². The molecule has 4 nitrogen and oxygen atoms in total. The van der Waals surface area contributed by atoms with Crippen LogP contribution in [0, 0.1) is 13.8 Å². The van der Waals surface area contributed by atoms with Crippen LogP contribution in [0.4, 0.5) is 0 Å². The topological polar surface area (TPSA) is 42.2 Å². The maximum Gasteiger partial charge on any atom is 0.138 e. The van der Waals surface area contributed by atoms with Gasteiger partial charge in [-0.25, -0.2) is 0 Å². The van der Waals surface area contributed by atoms with Crippen molar-refractivity contribution in [2.24, 2.45) is 0 Å². The van der Waals surface area contributed by atoms with Gasteiger partial charge in [0, 0.05) is 24.3 Å². The highest BCUT2D eigenvalue weighted by Gasteiger charge is 2.30. The molecule has 3 rings (SSSR count). The first-order chi connectivity index (χ1) is 9.25. The van der Waals surface area contributed by atoms with E-state index >= 15 is 0 Å². The van der Waals surface area contributed by atoms with Gasteiger partial charge in [0.05, 0.1) is 11.4 Å². The third kappa shape index (κ3) is 2.40. The highest BCUT2D eigenvalue weighted by Crippen LogP contribution is 2.36. The van der Waals surface area contributed by atoms with Gasteiger partial charge in [0.25, 0.3) is 0 Å². The van der Waals surface area contributed by atoms with E-state index < -0.39 is 0 Å². The minimum absolute atomic E-state index is 0.424. The van der Waals surface area contributed by atoms with E-state index in [1.807, 2.05) is 32.2 Å². The number of hydrogen-bond donors (Lipinski definition) is 0. The molecule has 1 atom stereocenters. The second-order valence-electron chi connectivity index (χ2n) is 5.19. The number of aromatic nitrogens is 2. The lowest BCUT2D eigenvalue weighted by Gasteiger charge is -2.24. The third-order valence-corrected chi connectivity index (χ3v) is 3.88. The Kier molecular flexibility index (Phi) is 3.34. The summed E-state index contributed by atoms with van der Waals surface area (Å²) >= 11 is 0. The molecule has 100 valence electrons. The van der Waals surface area contributed by atoms with Crippen LogP contribution in [-0.4, -0.2) is 21.6 Å². The van der Waals surface area contributed by atoms with Crippen molar-refractivity contribution in [1.82, 2.24) is 15.0 Å². The Morgan fingerprint density at radius 1 is 1.37 bits per heavy atom. The van der Waals surface area contributed by atoms with E-state index in [0.717, 1.165) is 30.2 Å². The van der Waals surface area contributed by atoms with Gasteiger partial charge in [-0.15, -0.1) is 0 Å². The monoisotopic (exact) mass is 257 g/mol. The molecule has 19 heavy (non-hydrogen) atoms. The van der Waals surface area contributed by atoms with Crippen LogP contribution in [0.15, 0.2) is 28.9 Å². The van der Waals surface area contributed by atoms with Crippen molar-refractivity contribution in [3.05, 3.63) is 47.1 Å². The number of nitrogens with zero attached hydrogens (tertiary/aromatic N) is 3. The van der Waals surface area contributed by atoms with Crippen LogP contribution in [0.3, 0.4) is 0 Å². The molecular weight excluding hydrogens is 238 g/mol. The zero-order valence-electron chi connectivity index (χ0n) is 11.5. The molecule has 1 aliphatic rings. The Labute approximate surface area is 113 Å². The molecule has 3 heterocycles. The van der Waals surface area contributed by atoms with Crippen molar-refractivity contribution in [1.29, 1.82) is 0 Å². The molecule has 2 aromatic rings. The van der Waals surface area contributed by atoms with Gasteiger partial charge in [-0.1, -0.05) is 11.2 Å². The zero-order valence-corrected chi connectivity index (χ0v) is 11.5. The van der Waals surface area contributed by atoms with Crippen LogP contribution in [-0.2, 0) is 6.54 Å². The van der Waals surface area contributed by atoms with Gasteiger partial charge in [0.2, 0.25) is 0 Å². The molecule has 4 heteroatoms. The molecule has 1 saturated heterocycles. The summed E-state index contributed by atoms with van der Waals surface area (Å²) in [7, 11) is 0. The highest BCUT2D eigenvalue weighted by atomic mass is 16.5. The quantitative estimate of drug-likeness (QED) is 0.847. The number of pyridine rings is 1. The summed E-state index contributed by atoms with van der Waals surface area (Å²) in [4.78, 5) is 6.90. The molecule has 1 fully saturated rings. The summed E-state index contributed by atoms with van der Waals surface area (Å²) < 4.78 is 5.31. The smallest absolute Gasteiger partial charge is 0.138 e. The van der Waals surface area contributed by atoms with E-state index in [1.54, 1.807) is 0 Å². The van der Waals surface area contributed by atoms with E-state index in [1.165, 1.54) is 18.4 Å². The van der Waals surface area contributed by atoms with Crippen LogP contribution in [0.1, 0.15) is 41.6 Å². The van der Waals surface area contributed by atoms with Crippen LogP contribution < -0.4 is 0 Å². The van der Waals surface area contributed by atoms with E-state index in [0.29, 0.717) is 6.04 Å². The molecule has 1 unspecified atom stereocenters. The van der Waals surface area contributed by atoms with Crippen molar-refractivity contribution in [3.63, 3.8) is 0 Å². The molecule has 0 saturated carbocycles. The van der Waals surface area contributed by atoms with E-state index in [-0.39, 0.29) is 0 Å². The molecule has 0 amide bonds. The Morgan fingerprint density at radius 2 is 2.26 bits per heavy atom. The summed E-state index contributed by atoms with van der Waals surface area (Å²) in [6.45, 7) is 6.05. The largest absolute Gasteiger partial charge is 0.361 e. The molecule has 0 aromatic carbocycles. The Hall–Kier alpha value is -1.68. The highest BCUT2D eigenvalue weighted by molar-refractivity contribution is 5.26. The first kappa shape index (κ1) is 12.4. The average Bonchev–Trinajstić information content (AvgIpc) is 2.98. The summed E-state index contributed by atoms with van der Waals surface area (Å²) in [5, 5.41) is 4.08. The molecule has 1 aliphatic heterocycles. The zero-order chi connectivity index (χ0) is 13.2. The summed E-state index contributed by atoms with van der Waals surface area (Å²) in [6.07, 6.45) is 4.26. The van der Waals surface area contributed by atoms with Crippen molar-refractivity contribution in [3.8, 4) is 0 Å². The predicted octanol–water partition coefficient (Wildman–Crippen LogP) is 3.02. The Morgan fingerprint density at radius 3 is 2.95 bits per heavy atom. The first-order valence-electron chi connectivity index (χ1n) is 6.82. The van der Waals surface area contributed by atoms with Gasteiger partial charge >= 0.3 is 0 Å². The minimum atomic E-state index is 0.424. The molecule has 0 spiro atoms.